The van der Waals surface area contributed by atoms with Gasteiger partial charge in [-0.25, -0.2) is 0 Å². The molecule has 0 saturated heterocycles. The van der Waals surface area contributed by atoms with Crippen molar-refractivity contribution >= 4 is 11.6 Å². The van der Waals surface area contributed by atoms with Gasteiger partial charge in [0.2, 0.25) is 0 Å². The molecule has 0 radical (unpaired) electrons. The van der Waals surface area contributed by atoms with Crippen LogP contribution < -0.4 is 0 Å². The summed E-state index contributed by atoms with van der Waals surface area (Å²) in [6.07, 6.45) is 1.06. The Morgan fingerprint density at radius 2 is 1.89 bits per heavy atom. The second-order valence-electron chi connectivity index (χ2n) is 4.40. The average Bonchev–Trinajstić information content (AvgIpc) is 2.38. The number of aryl methyl sites for hydroxylation is 1. The van der Waals surface area contributed by atoms with E-state index in [0.717, 1.165) is 17.5 Å². The highest BCUT2D eigenvalue weighted by Crippen LogP contribution is 2.23. The monoisotopic (exact) mass is 260 g/mol. The van der Waals surface area contributed by atoms with Crippen LogP contribution in [0.2, 0.25) is 5.02 Å². The van der Waals surface area contributed by atoms with Crippen LogP contribution in [-0.2, 0) is 12.8 Å². The van der Waals surface area contributed by atoms with E-state index in [-0.39, 0.29) is 0 Å². The molecule has 2 heteroatoms. The summed E-state index contributed by atoms with van der Waals surface area (Å²) in [7, 11) is 0. The fraction of sp³-hybridized carbons (Fsp3) is 0.250. The molecule has 0 spiro atoms. The van der Waals surface area contributed by atoms with Gasteiger partial charge in [-0.2, -0.15) is 0 Å². The summed E-state index contributed by atoms with van der Waals surface area (Å²) >= 11 is 5.95. The average molecular weight is 261 g/mol. The van der Waals surface area contributed by atoms with E-state index in [2.05, 4.69) is 13.0 Å². The van der Waals surface area contributed by atoms with Crippen LogP contribution in [0.1, 0.15) is 29.7 Å². The zero-order chi connectivity index (χ0) is 13.0. The van der Waals surface area contributed by atoms with Crippen LogP contribution in [0, 0.1) is 0 Å². The molecule has 2 aromatic rings. The third-order valence-electron chi connectivity index (χ3n) is 3.11. The van der Waals surface area contributed by atoms with Gasteiger partial charge in [-0.3, -0.25) is 0 Å². The second kappa shape index (κ2) is 6.03. The lowest BCUT2D eigenvalue weighted by Crippen LogP contribution is -2.05. The number of aliphatic hydroxyl groups excluding tert-OH is 1. The van der Waals surface area contributed by atoms with Crippen molar-refractivity contribution < 1.29 is 5.11 Å². The Kier molecular flexibility index (Phi) is 4.40. The van der Waals surface area contributed by atoms with Gasteiger partial charge in [0.1, 0.15) is 0 Å². The molecule has 0 saturated carbocycles. The molecule has 0 fully saturated rings. The topological polar surface area (TPSA) is 20.2 Å². The van der Waals surface area contributed by atoms with Crippen molar-refractivity contribution in [3.05, 3.63) is 70.2 Å². The highest BCUT2D eigenvalue weighted by atomic mass is 35.5. The molecule has 1 nitrogen and oxygen atoms in total. The first-order valence-corrected chi connectivity index (χ1v) is 6.59. The highest BCUT2D eigenvalue weighted by Gasteiger charge is 2.11. The molecular weight excluding hydrogens is 244 g/mol. The Morgan fingerprint density at radius 1 is 1.11 bits per heavy atom. The molecule has 0 amide bonds. The third-order valence-corrected chi connectivity index (χ3v) is 3.35. The molecule has 0 aliphatic rings. The van der Waals surface area contributed by atoms with Crippen LogP contribution in [0.3, 0.4) is 0 Å². The smallest absolute Gasteiger partial charge is 0.0833 e. The maximum atomic E-state index is 10.3. The van der Waals surface area contributed by atoms with Gasteiger partial charge in [-0.05, 0) is 35.2 Å². The number of halogens is 1. The van der Waals surface area contributed by atoms with Gasteiger partial charge in [0, 0.05) is 11.4 Å². The van der Waals surface area contributed by atoms with Gasteiger partial charge in [0.05, 0.1) is 6.10 Å². The predicted octanol–water partition coefficient (Wildman–Crippen LogP) is 4.18. The Balaban J connectivity index is 2.19. The summed E-state index contributed by atoms with van der Waals surface area (Å²) in [5.74, 6) is 0. The number of aliphatic hydroxyl groups is 1. The molecule has 1 unspecified atom stereocenters. The van der Waals surface area contributed by atoms with E-state index >= 15 is 0 Å². The van der Waals surface area contributed by atoms with E-state index in [9.17, 15) is 5.11 Å². The van der Waals surface area contributed by atoms with Gasteiger partial charge in [-0.1, -0.05) is 54.9 Å². The minimum Gasteiger partial charge on any atom is -0.388 e. The SMILES string of the molecule is CCc1ccccc1C(O)Cc1cccc(Cl)c1. The number of rotatable bonds is 4. The van der Waals surface area contributed by atoms with Crippen molar-refractivity contribution in [1.82, 2.24) is 0 Å². The fourth-order valence-electron chi connectivity index (χ4n) is 2.18. The van der Waals surface area contributed by atoms with Crippen LogP contribution in [-0.4, -0.2) is 5.11 Å². The standard InChI is InChI=1S/C16H17ClO/c1-2-13-7-3-4-9-15(13)16(18)11-12-6-5-8-14(17)10-12/h3-10,16,18H,2,11H2,1H3. The summed E-state index contributed by atoms with van der Waals surface area (Å²) < 4.78 is 0. The summed E-state index contributed by atoms with van der Waals surface area (Å²) in [5, 5.41) is 11.0. The minimum absolute atomic E-state index is 0.473. The van der Waals surface area contributed by atoms with Crippen molar-refractivity contribution in [2.75, 3.05) is 0 Å². The Hall–Kier alpha value is -1.31. The molecule has 0 aromatic heterocycles. The normalized spacial score (nSPS) is 12.4. The zero-order valence-electron chi connectivity index (χ0n) is 10.4. The van der Waals surface area contributed by atoms with E-state index in [1.54, 1.807) is 0 Å². The van der Waals surface area contributed by atoms with Crippen molar-refractivity contribution in [3.8, 4) is 0 Å². The third kappa shape index (κ3) is 3.12. The highest BCUT2D eigenvalue weighted by molar-refractivity contribution is 6.30. The maximum absolute atomic E-state index is 10.3. The predicted molar refractivity (Wildman–Crippen MR) is 75.9 cm³/mol. The van der Waals surface area contributed by atoms with Crippen molar-refractivity contribution in [3.63, 3.8) is 0 Å². The summed E-state index contributed by atoms with van der Waals surface area (Å²) in [6, 6.07) is 15.7. The lowest BCUT2D eigenvalue weighted by Gasteiger charge is -2.15. The van der Waals surface area contributed by atoms with Crippen LogP contribution in [0.4, 0.5) is 0 Å². The molecular formula is C16H17ClO. The van der Waals surface area contributed by atoms with E-state index in [4.69, 9.17) is 11.6 Å². The van der Waals surface area contributed by atoms with E-state index in [1.165, 1.54) is 5.56 Å². The Labute approximate surface area is 113 Å². The van der Waals surface area contributed by atoms with Gasteiger partial charge in [-0.15, -0.1) is 0 Å². The molecule has 2 rings (SSSR count). The molecule has 1 atom stereocenters. The first kappa shape index (κ1) is 13.1. The van der Waals surface area contributed by atoms with E-state index in [1.807, 2.05) is 42.5 Å². The van der Waals surface area contributed by atoms with Crippen LogP contribution in [0.15, 0.2) is 48.5 Å². The molecule has 0 heterocycles. The van der Waals surface area contributed by atoms with E-state index in [0.29, 0.717) is 11.4 Å². The minimum atomic E-state index is -0.473. The molecule has 0 aliphatic carbocycles. The molecule has 94 valence electrons. The first-order chi connectivity index (χ1) is 8.70. The van der Waals surface area contributed by atoms with Crippen LogP contribution in [0.5, 0.6) is 0 Å². The summed E-state index contributed by atoms with van der Waals surface area (Å²) in [6.45, 7) is 2.10. The van der Waals surface area contributed by atoms with Gasteiger partial charge in [0.25, 0.3) is 0 Å². The summed E-state index contributed by atoms with van der Waals surface area (Å²) in [5.41, 5.74) is 3.27. The van der Waals surface area contributed by atoms with Crippen LogP contribution in [0.25, 0.3) is 0 Å². The fourth-order valence-corrected chi connectivity index (χ4v) is 2.39. The molecule has 0 aliphatic heterocycles. The Bertz CT molecular complexity index is 522. The number of hydrogen-bond donors (Lipinski definition) is 1. The Morgan fingerprint density at radius 3 is 2.61 bits per heavy atom. The van der Waals surface area contributed by atoms with Crippen molar-refractivity contribution in [2.45, 2.75) is 25.9 Å². The maximum Gasteiger partial charge on any atom is 0.0833 e. The van der Waals surface area contributed by atoms with Crippen molar-refractivity contribution in [1.29, 1.82) is 0 Å². The largest absolute Gasteiger partial charge is 0.388 e. The van der Waals surface area contributed by atoms with Crippen molar-refractivity contribution in [2.24, 2.45) is 0 Å². The lowest BCUT2D eigenvalue weighted by atomic mass is 9.96. The summed E-state index contributed by atoms with van der Waals surface area (Å²) in [4.78, 5) is 0. The number of benzene rings is 2. The lowest BCUT2D eigenvalue weighted by molar-refractivity contribution is 0.177. The van der Waals surface area contributed by atoms with Crippen LogP contribution >= 0.6 is 11.6 Å². The molecule has 18 heavy (non-hydrogen) atoms. The molecule has 2 aromatic carbocycles. The molecule has 1 N–H and O–H groups in total. The zero-order valence-corrected chi connectivity index (χ0v) is 11.2. The van der Waals surface area contributed by atoms with Gasteiger partial charge >= 0.3 is 0 Å². The second-order valence-corrected chi connectivity index (χ2v) is 4.84. The number of hydrogen-bond acceptors (Lipinski definition) is 1. The quantitative estimate of drug-likeness (QED) is 0.874. The first-order valence-electron chi connectivity index (χ1n) is 6.21. The van der Waals surface area contributed by atoms with Gasteiger partial charge in [0.15, 0.2) is 0 Å². The molecule has 0 bridgehead atoms. The van der Waals surface area contributed by atoms with E-state index < -0.39 is 6.10 Å². The van der Waals surface area contributed by atoms with Gasteiger partial charge < -0.3 is 5.11 Å².